The summed E-state index contributed by atoms with van der Waals surface area (Å²) in [6.45, 7) is 9.65. The molecule has 2 heteroatoms. The molecular formula is C120H86N2. The van der Waals surface area contributed by atoms with Crippen LogP contribution in [0.3, 0.4) is 0 Å². The molecule has 0 unspecified atom stereocenters. The average molecular weight is 1560 g/mol. The second-order valence-corrected chi connectivity index (χ2v) is 34.5. The molecule has 0 saturated heterocycles. The Bertz CT molecular complexity index is 7250. The van der Waals surface area contributed by atoms with E-state index in [1.165, 1.54) is 144 Å². The van der Waals surface area contributed by atoms with Crippen LogP contribution in [0.25, 0.3) is 111 Å². The molecule has 19 aromatic carbocycles. The zero-order valence-electron chi connectivity index (χ0n) is 68.6. The maximum atomic E-state index is 2.56. The fourth-order valence-corrected chi connectivity index (χ4v) is 21.6. The lowest BCUT2D eigenvalue weighted by molar-refractivity contribution is 0.660. The molecule has 0 saturated carbocycles. The molecule has 0 radical (unpaired) electrons. The van der Waals surface area contributed by atoms with Crippen LogP contribution in [0, 0.1) is 0 Å². The van der Waals surface area contributed by atoms with Crippen LogP contribution in [-0.4, -0.2) is 0 Å². The highest BCUT2D eigenvalue weighted by Gasteiger charge is 2.50. The van der Waals surface area contributed by atoms with E-state index in [4.69, 9.17) is 0 Å². The van der Waals surface area contributed by atoms with Crippen molar-refractivity contribution in [1.29, 1.82) is 0 Å². The van der Waals surface area contributed by atoms with Crippen molar-refractivity contribution in [3.05, 3.63) is 516 Å². The number of fused-ring (bicyclic) bond motifs is 13. The molecule has 0 amide bonds. The predicted octanol–water partition coefficient (Wildman–Crippen LogP) is 31.5. The van der Waals surface area contributed by atoms with E-state index in [2.05, 4.69) is 486 Å². The maximum Gasteiger partial charge on any atom is 0.0714 e. The molecule has 19 aromatic rings. The van der Waals surface area contributed by atoms with Gasteiger partial charge in [-0.25, -0.2) is 0 Å². The van der Waals surface area contributed by atoms with Gasteiger partial charge < -0.3 is 9.80 Å². The zero-order chi connectivity index (χ0) is 81.4. The summed E-state index contributed by atoms with van der Waals surface area (Å²) in [6.07, 6.45) is 0. The molecule has 4 aliphatic rings. The lowest BCUT2D eigenvalue weighted by atomic mass is 9.67. The first-order valence-corrected chi connectivity index (χ1v) is 42.8. The molecular weight excluding hydrogens is 1470 g/mol. The Morgan fingerprint density at radius 1 is 0.156 bits per heavy atom. The second-order valence-electron chi connectivity index (χ2n) is 34.5. The Kier molecular flexibility index (Phi) is 16.8. The van der Waals surface area contributed by atoms with E-state index < -0.39 is 10.8 Å². The smallest absolute Gasteiger partial charge is 0.0714 e. The van der Waals surface area contributed by atoms with Crippen molar-refractivity contribution in [2.75, 3.05) is 9.80 Å². The van der Waals surface area contributed by atoms with Crippen LogP contribution < -0.4 is 9.80 Å². The third-order valence-electron chi connectivity index (χ3n) is 27.4. The van der Waals surface area contributed by atoms with Gasteiger partial charge in [-0.05, 0) is 258 Å². The fourth-order valence-electron chi connectivity index (χ4n) is 21.6. The highest BCUT2D eigenvalue weighted by atomic mass is 15.2. The van der Waals surface area contributed by atoms with Crippen LogP contribution in [0.15, 0.2) is 449 Å². The minimum absolute atomic E-state index is 0.230. The van der Waals surface area contributed by atoms with Gasteiger partial charge in [-0.15, -0.1) is 0 Å². The van der Waals surface area contributed by atoms with Gasteiger partial charge in [-0.3, -0.25) is 0 Å². The van der Waals surface area contributed by atoms with Gasteiger partial charge in [-0.2, -0.15) is 0 Å². The molecule has 576 valence electrons. The molecule has 0 atom stereocenters. The minimum Gasteiger partial charge on any atom is -0.310 e. The number of nitrogens with zero attached hydrogens (tertiary/aromatic N) is 2. The molecule has 0 bridgehead atoms. The molecule has 0 aromatic heterocycles. The van der Waals surface area contributed by atoms with Crippen molar-refractivity contribution in [2.45, 2.75) is 49.4 Å². The van der Waals surface area contributed by atoms with E-state index in [0.29, 0.717) is 0 Å². The summed E-state index contributed by atoms with van der Waals surface area (Å²) in [6, 6.07) is 169. The van der Waals surface area contributed by atoms with Gasteiger partial charge in [0.1, 0.15) is 0 Å². The van der Waals surface area contributed by atoms with Crippen LogP contribution >= 0.6 is 0 Å². The maximum absolute atomic E-state index is 2.56. The van der Waals surface area contributed by atoms with E-state index in [1.807, 2.05) is 0 Å². The van der Waals surface area contributed by atoms with Gasteiger partial charge in [0, 0.05) is 44.7 Å². The molecule has 0 fully saturated rings. The largest absolute Gasteiger partial charge is 0.310 e. The Balaban J connectivity index is 0.648. The molecule has 23 rings (SSSR count). The quantitative estimate of drug-likeness (QED) is 0.101. The lowest BCUT2D eigenvalue weighted by Crippen LogP contribution is -2.28. The minimum atomic E-state index is -0.636. The number of anilines is 6. The highest BCUT2D eigenvalue weighted by molar-refractivity contribution is 6.02. The van der Waals surface area contributed by atoms with Crippen molar-refractivity contribution in [2.24, 2.45) is 0 Å². The van der Waals surface area contributed by atoms with Crippen LogP contribution in [-0.2, 0) is 21.7 Å². The normalized spacial score (nSPS) is 14.0. The van der Waals surface area contributed by atoms with Crippen LogP contribution in [0.4, 0.5) is 34.1 Å². The average Bonchev–Trinajstić information content (AvgIpc) is 1.53. The predicted molar refractivity (Wildman–Crippen MR) is 510 cm³/mol. The van der Waals surface area contributed by atoms with E-state index in [9.17, 15) is 0 Å². The number of hydrogen-bond donors (Lipinski definition) is 0. The summed E-state index contributed by atoms with van der Waals surface area (Å²) in [5, 5.41) is 2.41. The number of benzene rings is 19. The Morgan fingerprint density at radius 2 is 0.467 bits per heavy atom. The van der Waals surface area contributed by atoms with Crippen LogP contribution in [0.1, 0.15) is 94.5 Å². The van der Waals surface area contributed by atoms with Crippen LogP contribution in [0.5, 0.6) is 0 Å². The summed E-state index contributed by atoms with van der Waals surface area (Å²) in [5.74, 6) is 0. The second kappa shape index (κ2) is 28.4. The standard InChI is InChI=1S/C120H86N2/c1-117(2)107-51-28-25-48-97(107)101-68-65-95(73-111(101)117)121(115-77-113-105(75-103(115)83-35-13-6-14-36-83)98-49-26-29-52-108(98)119(113,89-40-15-7-16-41-89)90-42-17-8-18-43-90)94-63-58-82(59-64-94)85-38-31-39-86(70-85)87-60-67-100-102-69-66-96(74-112(102)118(3,4)110(100)72-87)122(93-61-56-81(57-62-93)79-32-11-5-12-33-79)116-78-114-106(76-104(116)88-55-54-80-34-23-24-37-84(80)71-88)99-50-27-30-53-109(99)120(114,91-44-19-9-20-45-91)92-46-21-10-22-47-92/h5-78H,1-4H3. The first-order chi connectivity index (χ1) is 60.0. The molecule has 122 heavy (non-hydrogen) atoms. The molecule has 0 N–H and O–H groups in total. The third kappa shape index (κ3) is 11.2. The van der Waals surface area contributed by atoms with Crippen LogP contribution in [0.2, 0.25) is 0 Å². The molecule has 0 spiro atoms. The Labute approximate surface area is 714 Å². The van der Waals surface area contributed by atoms with Gasteiger partial charge in [0.2, 0.25) is 0 Å². The lowest BCUT2D eigenvalue weighted by Gasteiger charge is -2.35. The molecule has 2 nitrogen and oxygen atoms in total. The van der Waals surface area contributed by atoms with E-state index in [0.717, 1.165) is 67.5 Å². The Morgan fingerprint density at radius 3 is 0.951 bits per heavy atom. The fraction of sp³-hybridized carbons (Fsp3) is 0.0667. The summed E-state index contributed by atoms with van der Waals surface area (Å²) in [4.78, 5) is 5.12. The summed E-state index contributed by atoms with van der Waals surface area (Å²) < 4.78 is 0. The van der Waals surface area contributed by atoms with Gasteiger partial charge >= 0.3 is 0 Å². The van der Waals surface area contributed by atoms with Crippen molar-refractivity contribution in [1.82, 2.24) is 0 Å². The van der Waals surface area contributed by atoms with E-state index >= 15 is 0 Å². The highest BCUT2D eigenvalue weighted by Crippen LogP contribution is 2.63. The first kappa shape index (κ1) is 72.3. The number of hydrogen-bond acceptors (Lipinski definition) is 2. The number of rotatable bonds is 15. The summed E-state index contributed by atoms with van der Waals surface area (Å²) in [7, 11) is 0. The van der Waals surface area contributed by atoms with Gasteiger partial charge in [0.05, 0.1) is 22.2 Å². The van der Waals surface area contributed by atoms with Crippen molar-refractivity contribution in [3.8, 4) is 100 Å². The zero-order valence-corrected chi connectivity index (χ0v) is 68.6. The topological polar surface area (TPSA) is 6.48 Å². The Hall–Kier alpha value is -15.0. The van der Waals surface area contributed by atoms with Gasteiger partial charge in [0.15, 0.2) is 0 Å². The SMILES string of the molecule is CC1(C)c2ccccc2-c2ccc(N(c3ccc(-c4cccc(-c5ccc6c(c5)C(C)(C)c5cc(N(c7ccc(-c8ccccc8)cc7)c7cc8c(cc7-c7ccc9ccccc9c7)-c7ccccc7C8(c7ccccc7)c7ccccc7)ccc5-6)c4)cc3)c3cc4c(cc3-c3ccccc3)-c3ccccc3C4(c3ccccc3)c3ccccc3)cc21. The third-order valence-corrected chi connectivity index (χ3v) is 27.4. The summed E-state index contributed by atoms with van der Waals surface area (Å²) >= 11 is 0. The van der Waals surface area contributed by atoms with E-state index in [1.54, 1.807) is 0 Å². The summed E-state index contributed by atoms with van der Waals surface area (Å²) in [5.41, 5.74) is 41.7. The monoisotopic (exact) mass is 1550 g/mol. The molecule has 4 aliphatic carbocycles. The van der Waals surface area contributed by atoms with Crippen molar-refractivity contribution in [3.63, 3.8) is 0 Å². The van der Waals surface area contributed by atoms with Crippen molar-refractivity contribution < 1.29 is 0 Å². The van der Waals surface area contributed by atoms with Crippen molar-refractivity contribution >= 4 is 44.9 Å². The van der Waals surface area contributed by atoms with Gasteiger partial charge in [-0.1, -0.05) is 386 Å². The van der Waals surface area contributed by atoms with Gasteiger partial charge in [0.25, 0.3) is 0 Å². The van der Waals surface area contributed by atoms with E-state index in [-0.39, 0.29) is 10.8 Å². The molecule has 0 aliphatic heterocycles. The molecule has 0 heterocycles. The first-order valence-electron chi connectivity index (χ1n) is 42.8.